The molecule has 0 saturated heterocycles. The van der Waals surface area contributed by atoms with Crippen LogP contribution >= 0.6 is 0 Å². The van der Waals surface area contributed by atoms with Crippen molar-refractivity contribution in [3.8, 4) is 0 Å². The van der Waals surface area contributed by atoms with Crippen LogP contribution in [0.4, 0.5) is 0 Å². The Morgan fingerprint density at radius 2 is 2.31 bits per heavy atom. The zero-order valence-electron chi connectivity index (χ0n) is 8.16. The molecule has 2 nitrogen and oxygen atoms in total. The van der Waals surface area contributed by atoms with Gasteiger partial charge >= 0.3 is 5.97 Å². The fourth-order valence-corrected chi connectivity index (χ4v) is 1.74. The molecule has 0 aromatic heterocycles. The molecular weight excluding hydrogens is 164 g/mol. The Bertz CT molecular complexity index is 253. The highest BCUT2D eigenvalue weighted by atomic mass is 16.4. The molecule has 0 aromatic carbocycles. The van der Waals surface area contributed by atoms with Crippen LogP contribution in [-0.2, 0) is 4.79 Å². The van der Waals surface area contributed by atoms with Gasteiger partial charge in [-0.25, -0.2) is 0 Å². The Balaban J connectivity index is 2.95. The van der Waals surface area contributed by atoms with Gasteiger partial charge in [0.05, 0.1) is 5.41 Å². The number of hydrogen-bond acceptors (Lipinski definition) is 1. The quantitative estimate of drug-likeness (QED) is 0.724. The van der Waals surface area contributed by atoms with E-state index in [0.717, 1.165) is 6.42 Å². The predicted octanol–water partition coefficient (Wildman–Crippen LogP) is 2.62. The summed E-state index contributed by atoms with van der Waals surface area (Å²) in [6, 6.07) is 0. The van der Waals surface area contributed by atoms with E-state index in [1.54, 1.807) is 0 Å². The molecule has 0 bridgehead atoms. The largest absolute Gasteiger partial charge is 0.481 e. The topological polar surface area (TPSA) is 37.3 Å². The van der Waals surface area contributed by atoms with Crippen molar-refractivity contribution in [1.29, 1.82) is 0 Å². The lowest BCUT2D eigenvalue weighted by Gasteiger charge is -2.32. The third-order valence-electron chi connectivity index (χ3n) is 2.99. The molecule has 0 radical (unpaired) electrons. The van der Waals surface area contributed by atoms with Gasteiger partial charge in [0.25, 0.3) is 0 Å². The molecule has 0 amide bonds. The van der Waals surface area contributed by atoms with Gasteiger partial charge in [-0.15, -0.1) is 0 Å². The van der Waals surface area contributed by atoms with Gasteiger partial charge in [0.1, 0.15) is 0 Å². The first kappa shape index (κ1) is 10.0. The first-order chi connectivity index (χ1) is 6.13. The molecule has 2 heteroatoms. The van der Waals surface area contributed by atoms with Crippen molar-refractivity contribution in [2.45, 2.75) is 26.7 Å². The molecule has 0 aromatic rings. The number of allylic oxidation sites excluding steroid dienone is 3. The second-order valence-corrected chi connectivity index (χ2v) is 3.65. The third kappa shape index (κ3) is 1.67. The van der Waals surface area contributed by atoms with Crippen LogP contribution in [0.25, 0.3) is 0 Å². The lowest BCUT2D eigenvalue weighted by Crippen LogP contribution is -2.35. The maximum Gasteiger partial charge on any atom is 0.314 e. The molecule has 0 saturated carbocycles. The standard InChI is InChI=1S/C11H16O2/c1-3-9(2)11(10(12)13)7-5-4-6-8-11/h4-7,9H,3,8H2,1-2H3,(H,12,13). The van der Waals surface area contributed by atoms with E-state index >= 15 is 0 Å². The highest BCUT2D eigenvalue weighted by molar-refractivity contribution is 5.78. The van der Waals surface area contributed by atoms with Crippen molar-refractivity contribution in [2.75, 3.05) is 0 Å². The van der Waals surface area contributed by atoms with Gasteiger partial charge in [0.2, 0.25) is 0 Å². The highest BCUT2D eigenvalue weighted by Crippen LogP contribution is 2.38. The van der Waals surface area contributed by atoms with Gasteiger partial charge in [-0.1, -0.05) is 44.6 Å². The molecule has 13 heavy (non-hydrogen) atoms. The number of hydrogen-bond donors (Lipinski definition) is 1. The SMILES string of the molecule is CCC(C)C1(C(=O)O)C=CC=CC1. The molecule has 1 rings (SSSR count). The van der Waals surface area contributed by atoms with Crippen LogP contribution in [0, 0.1) is 11.3 Å². The molecule has 0 heterocycles. The van der Waals surface area contributed by atoms with Crippen LogP contribution in [0.5, 0.6) is 0 Å². The lowest BCUT2D eigenvalue weighted by atomic mass is 9.71. The molecule has 1 N–H and O–H groups in total. The van der Waals surface area contributed by atoms with E-state index in [0.29, 0.717) is 6.42 Å². The van der Waals surface area contributed by atoms with Crippen LogP contribution in [0.3, 0.4) is 0 Å². The number of aliphatic carboxylic acids is 1. The fourth-order valence-electron chi connectivity index (χ4n) is 1.74. The Morgan fingerprint density at radius 1 is 1.62 bits per heavy atom. The van der Waals surface area contributed by atoms with Crippen molar-refractivity contribution in [2.24, 2.45) is 11.3 Å². The maximum absolute atomic E-state index is 11.2. The smallest absolute Gasteiger partial charge is 0.314 e. The average molecular weight is 180 g/mol. The number of carboxylic acids is 1. The second-order valence-electron chi connectivity index (χ2n) is 3.65. The predicted molar refractivity (Wildman–Crippen MR) is 52.4 cm³/mol. The molecule has 2 atom stereocenters. The van der Waals surface area contributed by atoms with Gasteiger partial charge in [-0.05, 0) is 12.3 Å². The minimum absolute atomic E-state index is 0.186. The molecule has 0 spiro atoms. The first-order valence-corrected chi connectivity index (χ1v) is 4.71. The summed E-state index contributed by atoms with van der Waals surface area (Å²) >= 11 is 0. The van der Waals surface area contributed by atoms with Crippen LogP contribution in [0.1, 0.15) is 26.7 Å². The Hall–Kier alpha value is -1.05. The van der Waals surface area contributed by atoms with E-state index in [9.17, 15) is 9.90 Å². The van der Waals surface area contributed by atoms with Gasteiger partial charge in [0, 0.05) is 0 Å². The van der Waals surface area contributed by atoms with Crippen molar-refractivity contribution in [1.82, 2.24) is 0 Å². The van der Waals surface area contributed by atoms with E-state index < -0.39 is 11.4 Å². The van der Waals surface area contributed by atoms with E-state index in [4.69, 9.17) is 0 Å². The number of carboxylic acid groups (broad SMARTS) is 1. The summed E-state index contributed by atoms with van der Waals surface area (Å²) in [5.74, 6) is -0.520. The van der Waals surface area contributed by atoms with Crippen LogP contribution < -0.4 is 0 Å². The minimum Gasteiger partial charge on any atom is -0.481 e. The van der Waals surface area contributed by atoms with Gasteiger partial charge in [-0.3, -0.25) is 4.79 Å². The van der Waals surface area contributed by atoms with Crippen molar-refractivity contribution in [3.63, 3.8) is 0 Å². The molecular formula is C11H16O2. The summed E-state index contributed by atoms with van der Waals surface area (Å²) in [5.41, 5.74) is -0.663. The van der Waals surface area contributed by atoms with E-state index in [-0.39, 0.29) is 5.92 Å². The Labute approximate surface area is 79.0 Å². The lowest BCUT2D eigenvalue weighted by molar-refractivity contribution is -0.148. The van der Waals surface area contributed by atoms with Gasteiger partial charge in [0.15, 0.2) is 0 Å². The maximum atomic E-state index is 11.2. The van der Waals surface area contributed by atoms with Crippen LogP contribution in [0.15, 0.2) is 24.3 Å². The number of carbonyl (C=O) groups is 1. The molecule has 1 aliphatic carbocycles. The zero-order chi connectivity index (χ0) is 9.90. The summed E-state index contributed by atoms with van der Waals surface area (Å²) in [6.45, 7) is 4.03. The Morgan fingerprint density at radius 3 is 2.69 bits per heavy atom. The monoisotopic (exact) mass is 180 g/mol. The summed E-state index contributed by atoms with van der Waals surface area (Å²) in [4.78, 5) is 11.2. The summed E-state index contributed by atoms with van der Waals surface area (Å²) in [7, 11) is 0. The van der Waals surface area contributed by atoms with E-state index in [1.165, 1.54) is 0 Å². The van der Waals surface area contributed by atoms with Crippen molar-refractivity contribution >= 4 is 5.97 Å². The van der Waals surface area contributed by atoms with Crippen LogP contribution in [-0.4, -0.2) is 11.1 Å². The zero-order valence-corrected chi connectivity index (χ0v) is 8.16. The second kappa shape index (κ2) is 3.77. The Kier molecular flexibility index (Phi) is 2.91. The molecule has 1 aliphatic rings. The van der Waals surface area contributed by atoms with Gasteiger partial charge < -0.3 is 5.11 Å². The summed E-state index contributed by atoms with van der Waals surface area (Å²) < 4.78 is 0. The van der Waals surface area contributed by atoms with E-state index in [2.05, 4.69) is 0 Å². The molecule has 2 unspecified atom stereocenters. The summed E-state index contributed by atoms with van der Waals surface area (Å²) in [5, 5.41) is 9.21. The highest BCUT2D eigenvalue weighted by Gasteiger charge is 2.39. The first-order valence-electron chi connectivity index (χ1n) is 4.71. The van der Waals surface area contributed by atoms with Gasteiger partial charge in [-0.2, -0.15) is 0 Å². The van der Waals surface area contributed by atoms with E-state index in [1.807, 2.05) is 38.2 Å². The fraction of sp³-hybridized carbons (Fsp3) is 0.545. The minimum atomic E-state index is -0.706. The number of rotatable bonds is 3. The normalized spacial score (nSPS) is 28.8. The van der Waals surface area contributed by atoms with Crippen LogP contribution in [0.2, 0.25) is 0 Å². The molecule has 0 aliphatic heterocycles. The summed E-state index contributed by atoms with van der Waals surface area (Å²) in [6.07, 6.45) is 9.01. The van der Waals surface area contributed by atoms with Crippen molar-refractivity contribution < 1.29 is 9.90 Å². The molecule has 72 valence electrons. The third-order valence-corrected chi connectivity index (χ3v) is 2.99. The molecule has 0 fully saturated rings. The average Bonchev–Trinajstić information content (AvgIpc) is 2.17. The van der Waals surface area contributed by atoms with Crippen molar-refractivity contribution in [3.05, 3.63) is 24.3 Å².